The van der Waals surface area contributed by atoms with E-state index in [0.717, 1.165) is 62.6 Å². The van der Waals surface area contributed by atoms with Gasteiger partial charge >= 0.3 is 12.0 Å². The van der Waals surface area contributed by atoms with E-state index in [1.54, 1.807) is 0 Å². The SMILES string of the molecule is CC(C)(C)OC(=O)c1c(NC(=O)NCc2c(-c3ccccc3)sc3c2CCN(S(=O)(=O)c2ccc([N+](=O)[O-])cc2)C3)sc2c1CCCC2. The molecule has 0 fully saturated rings. The van der Waals surface area contributed by atoms with Crippen LogP contribution < -0.4 is 10.6 Å². The molecule has 6 rings (SSSR count). The highest BCUT2D eigenvalue weighted by Gasteiger charge is 2.33. The minimum Gasteiger partial charge on any atom is -0.456 e. The Bertz CT molecular complexity index is 1980. The average molecular weight is 709 g/mol. The lowest BCUT2D eigenvalue weighted by molar-refractivity contribution is -0.384. The number of nitrogens with one attached hydrogen (secondary N) is 2. The summed E-state index contributed by atoms with van der Waals surface area (Å²) in [4.78, 5) is 40.1. The first-order valence-corrected chi connectivity index (χ1v) is 18.8. The monoisotopic (exact) mass is 708 g/mol. The van der Waals surface area contributed by atoms with Crippen LogP contribution in [-0.4, -0.2) is 41.8 Å². The van der Waals surface area contributed by atoms with Gasteiger partial charge in [0.05, 0.1) is 15.4 Å². The van der Waals surface area contributed by atoms with Gasteiger partial charge in [-0.15, -0.1) is 22.7 Å². The molecule has 0 radical (unpaired) electrons. The topological polar surface area (TPSA) is 148 Å². The third kappa shape index (κ3) is 7.02. The van der Waals surface area contributed by atoms with Crippen molar-refractivity contribution >= 4 is 55.4 Å². The third-order valence-corrected chi connectivity index (χ3v) is 12.7. The molecule has 0 spiro atoms. The Labute approximate surface area is 287 Å². The van der Waals surface area contributed by atoms with Gasteiger partial charge in [-0.05, 0) is 87.3 Å². The number of carbonyl (C=O) groups excluding carboxylic acids is 2. The van der Waals surface area contributed by atoms with Gasteiger partial charge in [0.25, 0.3) is 5.69 Å². The molecular formula is C34H36N4O7S3. The van der Waals surface area contributed by atoms with Gasteiger partial charge in [-0.2, -0.15) is 4.31 Å². The molecule has 1 aliphatic carbocycles. The van der Waals surface area contributed by atoms with Gasteiger partial charge in [0, 0.05) is 46.4 Å². The quantitative estimate of drug-likeness (QED) is 0.111. The number of non-ortho nitro benzene ring substituents is 1. The van der Waals surface area contributed by atoms with E-state index in [-0.39, 0.29) is 30.2 Å². The van der Waals surface area contributed by atoms with Crippen LogP contribution in [0.5, 0.6) is 0 Å². The molecule has 2 aliphatic rings. The molecule has 0 saturated heterocycles. The zero-order chi connectivity index (χ0) is 34.2. The first-order valence-electron chi connectivity index (χ1n) is 15.7. The summed E-state index contributed by atoms with van der Waals surface area (Å²) in [6.45, 7) is 6.02. The van der Waals surface area contributed by atoms with E-state index in [9.17, 15) is 28.1 Å². The summed E-state index contributed by atoms with van der Waals surface area (Å²) < 4.78 is 34.1. The highest BCUT2D eigenvalue weighted by Crippen LogP contribution is 2.42. The van der Waals surface area contributed by atoms with E-state index in [1.807, 2.05) is 51.1 Å². The van der Waals surface area contributed by atoms with Gasteiger partial charge in [-0.25, -0.2) is 18.0 Å². The number of hydrogen-bond acceptors (Lipinski definition) is 9. The Morgan fingerprint density at radius 2 is 1.67 bits per heavy atom. The molecule has 0 saturated carbocycles. The maximum atomic E-state index is 13.5. The summed E-state index contributed by atoms with van der Waals surface area (Å²) in [5.74, 6) is -0.441. The maximum absolute atomic E-state index is 13.5. The Balaban J connectivity index is 1.24. The predicted octanol–water partition coefficient (Wildman–Crippen LogP) is 7.29. The molecule has 4 aromatic rings. The van der Waals surface area contributed by atoms with Crippen LogP contribution in [0.1, 0.15) is 70.4 Å². The number of rotatable bonds is 8. The molecule has 48 heavy (non-hydrogen) atoms. The van der Waals surface area contributed by atoms with Crippen LogP contribution >= 0.6 is 22.7 Å². The van der Waals surface area contributed by atoms with Crippen molar-refractivity contribution in [3.8, 4) is 10.4 Å². The fraction of sp³-hybridized carbons (Fsp3) is 0.353. The minimum atomic E-state index is -3.90. The lowest BCUT2D eigenvalue weighted by Crippen LogP contribution is -2.36. The number of aryl methyl sites for hydroxylation is 1. The summed E-state index contributed by atoms with van der Waals surface area (Å²) in [7, 11) is -3.90. The lowest BCUT2D eigenvalue weighted by atomic mass is 9.95. The van der Waals surface area contributed by atoms with Gasteiger partial charge < -0.3 is 10.1 Å². The minimum absolute atomic E-state index is 0.00374. The van der Waals surface area contributed by atoms with Crippen LogP contribution in [0.25, 0.3) is 10.4 Å². The summed E-state index contributed by atoms with van der Waals surface area (Å²) in [6.07, 6.45) is 4.07. The number of nitrogens with zero attached hydrogens (tertiary/aromatic N) is 2. The molecule has 11 nitrogen and oxygen atoms in total. The predicted molar refractivity (Wildman–Crippen MR) is 186 cm³/mol. The number of thiophene rings is 2. The second-order valence-electron chi connectivity index (χ2n) is 12.7. The van der Waals surface area contributed by atoms with Crippen LogP contribution in [0, 0.1) is 10.1 Å². The van der Waals surface area contributed by atoms with Crippen LogP contribution in [0.4, 0.5) is 15.5 Å². The molecule has 0 bridgehead atoms. The number of ether oxygens (including phenoxy) is 1. The van der Waals surface area contributed by atoms with Crippen molar-refractivity contribution in [3.05, 3.63) is 96.7 Å². The van der Waals surface area contributed by atoms with E-state index in [0.29, 0.717) is 17.0 Å². The van der Waals surface area contributed by atoms with Crippen LogP contribution in [-0.2, 0) is 47.1 Å². The van der Waals surface area contributed by atoms with Crippen molar-refractivity contribution in [1.29, 1.82) is 0 Å². The molecule has 252 valence electrons. The second kappa shape index (κ2) is 13.4. The Morgan fingerprint density at radius 1 is 0.958 bits per heavy atom. The zero-order valence-corrected chi connectivity index (χ0v) is 29.3. The summed E-state index contributed by atoms with van der Waals surface area (Å²) >= 11 is 2.92. The number of nitro benzene ring substituents is 1. The maximum Gasteiger partial charge on any atom is 0.341 e. The van der Waals surface area contributed by atoms with E-state index in [4.69, 9.17) is 4.74 Å². The summed E-state index contributed by atoms with van der Waals surface area (Å²) in [6, 6.07) is 14.2. The Morgan fingerprint density at radius 3 is 2.35 bits per heavy atom. The molecule has 0 atom stereocenters. The highest BCUT2D eigenvalue weighted by atomic mass is 32.2. The molecule has 2 amide bonds. The molecule has 2 aromatic carbocycles. The smallest absolute Gasteiger partial charge is 0.341 e. The number of benzene rings is 2. The highest BCUT2D eigenvalue weighted by molar-refractivity contribution is 7.89. The van der Waals surface area contributed by atoms with Crippen molar-refractivity contribution in [2.75, 3.05) is 11.9 Å². The van der Waals surface area contributed by atoms with Gasteiger partial charge in [0.1, 0.15) is 10.6 Å². The number of nitro groups is 1. The first-order chi connectivity index (χ1) is 22.8. The van der Waals surface area contributed by atoms with Gasteiger partial charge in [-0.1, -0.05) is 30.3 Å². The summed E-state index contributed by atoms with van der Waals surface area (Å²) in [5.41, 5.74) is 3.41. The number of anilines is 1. The van der Waals surface area contributed by atoms with Gasteiger partial charge in [0.15, 0.2) is 0 Å². The molecule has 3 heterocycles. The van der Waals surface area contributed by atoms with Crippen LogP contribution in [0.2, 0.25) is 0 Å². The number of amides is 2. The number of hydrogen-bond donors (Lipinski definition) is 2. The molecule has 14 heteroatoms. The number of sulfonamides is 1. The third-order valence-electron chi connectivity index (χ3n) is 8.28. The standard InChI is InChI=1S/C34H36N4O7S3/c1-34(2,3)45-32(39)29-25-11-7-8-12-27(25)47-31(29)36-33(40)35-19-26-24-17-18-37(20-28(24)46-30(26)21-9-5-4-6-10-21)48(43,44)23-15-13-22(14-16-23)38(41)42/h4-6,9-10,13-16H,7-8,11-12,17-20H2,1-3H3,(H2,35,36,40). The van der Waals surface area contributed by atoms with Crippen molar-refractivity contribution in [3.63, 3.8) is 0 Å². The number of fused-ring (bicyclic) bond motifs is 2. The van der Waals surface area contributed by atoms with Crippen molar-refractivity contribution in [2.45, 2.75) is 76.5 Å². The van der Waals surface area contributed by atoms with Gasteiger partial charge in [0.2, 0.25) is 10.0 Å². The molecule has 1 aliphatic heterocycles. The van der Waals surface area contributed by atoms with Crippen molar-refractivity contribution < 1.29 is 27.7 Å². The number of esters is 1. The van der Waals surface area contributed by atoms with E-state index in [2.05, 4.69) is 10.6 Å². The fourth-order valence-electron chi connectivity index (χ4n) is 6.06. The van der Waals surface area contributed by atoms with Crippen LogP contribution in [0.3, 0.4) is 0 Å². The van der Waals surface area contributed by atoms with E-state index < -0.39 is 32.5 Å². The van der Waals surface area contributed by atoms with E-state index >= 15 is 0 Å². The second-order valence-corrected chi connectivity index (χ2v) is 16.9. The van der Waals surface area contributed by atoms with Gasteiger partial charge in [-0.3, -0.25) is 15.4 Å². The molecule has 0 unspecified atom stereocenters. The lowest BCUT2D eigenvalue weighted by Gasteiger charge is -2.26. The molecule has 2 aromatic heterocycles. The van der Waals surface area contributed by atoms with Crippen LogP contribution in [0.15, 0.2) is 59.5 Å². The molecule has 2 N–H and O–H groups in total. The number of urea groups is 1. The van der Waals surface area contributed by atoms with Crippen molar-refractivity contribution in [1.82, 2.24) is 9.62 Å². The molecular weight excluding hydrogens is 673 g/mol. The Kier molecular flexibility index (Phi) is 9.44. The summed E-state index contributed by atoms with van der Waals surface area (Å²) in [5, 5.41) is 17.5. The Hall–Kier alpha value is -4.11. The van der Waals surface area contributed by atoms with E-state index in [1.165, 1.54) is 51.2 Å². The zero-order valence-electron chi connectivity index (χ0n) is 26.8. The first kappa shape index (κ1) is 33.8. The fourth-order valence-corrected chi connectivity index (χ4v) is 10.2. The normalized spacial score (nSPS) is 14.9. The average Bonchev–Trinajstić information content (AvgIpc) is 3.61. The number of carbonyl (C=O) groups is 2. The van der Waals surface area contributed by atoms with Crippen molar-refractivity contribution in [2.24, 2.45) is 0 Å². The largest absolute Gasteiger partial charge is 0.456 e.